The van der Waals surface area contributed by atoms with Crippen molar-refractivity contribution in [1.82, 2.24) is 4.90 Å². The maximum atomic E-state index is 12.3. The predicted molar refractivity (Wildman–Crippen MR) is 97.1 cm³/mol. The van der Waals surface area contributed by atoms with Crippen LogP contribution in [0, 0.1) is 5.92 Å². The largest absolute Gasteiger partial charge is 0.378 e. The van der Waals surface area contributed by atoms with Gasteiger partial charge in [-0.3, -0.25) is 4.79 Å². The van der Waals surface area contributed by atoms with Gasteiger partial charge >= 0.3 is 0 Å². The molecule has 1 saturated carbocycles. The Bertz CT molecular complexity index is 517. The molecule has 1 amide bonds. The fourth-order valence-corrected chi connectivity index (χ4v) is 3.81. The Morgan fingerprint density at radius 1 is 1.17 bits per heavy atom. The molecule has 1 aliphatic heterocycles. The van der Waals surface area contributed by atoms with Gasteiger partial charge in [0.05, 0.1) is 13.2 Å². The van der Waals surface area contributed by atoms with Crippen molar-refractivity contribution in [2.24, 2.45) is 5.92 Å². The molecule has 0 N–H and O–H groups in total. The quantitative estimate of drug-likeness (QED) is 0.801. The molecule has 0 aromatic heterocycles. The van der Waals surface area contributed by atoms with E-state index < -0.39 is 0 Å². The lowest BCUT2D eigenvalue weighted by atomic mass is 10.0. The third-order valence-corrected chi connectivity index (χ3v) is 5.40. The molecule has 1 heterocycles. The Kier molecular flexibility index (Phi) is 6.13. The van der Waals surface area contributed by atoms with E-state index in [0.29, 0.717) is 13.0 Å². The lowest BCUT2D eigenvalue weighted by Gasteiger charge is -2.29. The Labute approximate surface area is 145 Å². The van der Waals surface area contributed by atoms with Gasteiger partial charge in [-0.25, -0.2) is 0 Å². The lowest BCUT2D eigenvalue weighted by Crippen LogP contribution is -2.36. The van der Waals surface area contributed by atoms with Crippen molar-refractivity contribution in [3.05, 3.63) is 29.8 Å². The minimum atomic E-state index is 0.277. The fraction of sp³-hybridized carbons (Fsp3) is 0.650. The lowest BCUT2D eigenvalue weighted by molar-refractivity contribution is -0.130. The summed E-state index contributed by atoms with van der Waals surface area (Å²) in [5.74, 6) is 1.06. The molecule has 1 aromatic carbocycles. The van der Waals surface area contributed by atoms with Crippen LogP contribution in [0.3, 0.4) is 0 Å². The summed E-state index contributed by atoms with van der Waals surface area (Å²) >= 11 is 0. The first-order chi connectivity index (χ1) is 11.7. The van der Waals surface area contributed by atoms with Crippen molar-refractivity contribution in [3.63, 3.8) is 0 Å². The number of ether oxygens (including phenoxy) is 1. The van der Waals surface area contributed by atoms with Crippen molar-refractivity contribution in [1.29, 1.82) is 0 Å². The van der Waals surface area contributed by atoms with Crippen LogP contribution >= 0.6 is 0 Å². The topological polar surface area (TPSA) is 32.8 Å². The van der Waals surface area contributed by atoms with E-state index in [9.17, 15) is 4.79 Å². The third-order valence-electron chi connectivity index (χ3n) is 5.40. The van der Waals surface area contributed by atoms with E-state index in [0.717, 1.165) is 38.6 Å². The first-order valence-corrected chi connectivity index (χ1v) is 9.38. The summed E-state index contributed by atoms with van der Waals surface area (Å²) in [4.78, 5) is 16.5. The van der Waals surface area contributed by atoms with Crippen LogP contribution in [-0.2, 0) is 16.1 Å². The second-order valence-electron chi connectivity index (χ2n) is 7.20. The fourth-order valence-electron chi connectivity index (χ4n) is 3.81. The van der Waals surface area contributed by atoms with E-state index in [-0.39, 0.29) is 5.91 Å². The van der Waals surface area contributed by atoms with Crippen LogP contribution in [0.15, 0.2) is 24.3 Å². The molecule has 1 saturated heterocycles. The first kappa shape index (κ1) is 17.3. The molecule has 0 bridgehead atoms. The number of morpholine rings is 1. The van der Waals surface area contributed by atoms with Gasteiger partial charge in [0.1, 0.15) is 0 Å². The molecule has 0 atom stereocenters. The summed E-state index contributed by atoms with van der Waals surface area (Å²) in [6.45, 7) is 4.23. The highest BCUT2D eigenvalue weighted by Gasteiger charge is 2.18. The maximum absolute atomic E-state index is 12.3. The highest BCUT2D eigenvalue weighted by Crippen LogP contribution is 2.28. The molecule has 24 heavy (non-hydrogen) atoms. The van der Waals surface area contributed by atoms with Crippen LogP contribution in [0.25, 0.3) is 0 Å². The number of amides is 1. The summed E-state index contributed by atoms with van der Waals surface area (Å²) in [6, 6.07) is 8.62. The SMILES string of the molecule is CN(Cc1ccc(N2CCOCC2)cc1)C(=O)CCC1CCCC1. The number of benzene rings is 1. The van der Waals surface area contributed by atoms with Crippen LogP contribution in [0.4, 0.5) is 5.69 Å². The molecule has 3 rings (SSSR count). The molecule has 132 valence electrons. The summed E-state index contributed by atoms with van der Waals surface area (Å²) in [5.41, 5.74) is 2.45. The molecule has 4 nitrogen and oxygen atoms in total. The van der Waals surface area contributed by atoms with Crippen molar-refractivity contribution < 1.29 is 9.53 Å². The van der Waals surface area contributed by atoms with E-state index in [1.165, 1.54) is 36.9 Å². The number of carbonyl (C=O) groups is 1. The average molecular weight is 330 g/mol. The van der Waals surface area contributed by atoms with Gasteiger partial charge in [0.15, 0.2) is 0 Å². The molecule has 1 aliphatic carbocycles. The minimum absolute atomic E-state index is 0.277. The molecular weight excluding hydrogens is 300 g/mol. The zero-order valence-electron chi connectivity index (χ0n) is 14.9. The highest BCUT2D eigenvalue weighted by atomic mass is 16.5. The summed E-state index contributed by atoms with van der Waals surface area (Å²) in [7, 11) is 1.92. The van der Waals surface area contributed by atoms with E-state index in [1.54, 1.807) is 0 Å². The van der Waals surface area contributed by atoms with Crippen molar-refractivity contribution >= 4 is 11.6 Å². The van der Waals surface area contributed by atoms with Gasteiger partial charge in [-0.2, -0.15) is 0 Å². The highest BCUT2D eigenvalue weighted by molar-refractivity contribution is 5.75. The zero-order chi connectivity index (χ0) is 16.8. The minimum Gasteiger partial charge on any atom is -0.378 e. The zero-order valence-corrected chi connectivity index (χ0v) is 14.9. The average Bonchev–Trinajstić information content (AvgIpc) is 3.14. The van der Waals surface area contributed by atoms with Crippen LogP contribution in [0.5, 0.6) is 0 Å². The van der Waals surface area contributed by atoms with Crippen molar-refractivity contribution in [3.8, 4) is 0 Å². The molecule has 4 heteroatoms. The summed E-state index contributed by atoms with van der Waals surface area (Å²) < 4.78 is 5.40. The van der Waals surface area contributed by atoms with Gasteiger partial charge in [0.2, 0.25) is 5.91 Å². The standard InChI is InChI=1S/C20H30N2O2/c1-21(20(23)11-8-17-4-2-3-5-17)16-18-6-9-19(10-7-18)22-12-14-24-15-13-22/h6-7,9-10,17H,2-5,8,11-16H2,1H3. The summed E-state index contributed by atoms with van der Waals surface area (Å²) in [5, 5.41) is 0. The van der Waals surface area contributed by atoms with E-state index >= 15 is 0 Å². The second-order valence-corrected chi connectivity index (χ2v) is 7.20. The number of hydrogen-bond donors (Lipinski definition) is 0. The normalized spacial score (nSPS) is 18.8. The Hall–Kier alpha value is -1.55. The van der Waals surface area contributed by atoms with Gasteiger partial charge in [0.25, 0.3) is 0 Å². The smallest absolute Gasteiger partial charge is 0.222 e. The molecule has 2 aliphatic rings. The van der Waals surface area contributed by atoms with Gasteiger partial charge in [-0.1, -0.05) is 37.8 Å². The van der Waals surface area contributed by atoms with E-state index in [1.807, 2.05) is 11.9 Å². The Balaban J connectivity index is 1.46. The van der Waals surface area contributed by atoms with Crippen molar-refractivity contribution in [2.75, 3.05) is 38.3 Å². The van der Waals surface area contributed by atoms with E-state index in [4.69, 9.17) is 4.74 Å². The van der Waals surface area contributed by atoms with Crippen LogP contribution in [-0.4, -0.2) is 44.2 Å². The number of hydrogen-bond acceptors (Lipinski definition) is 3. The molecule has 1 aromatic rings. The Morgan fingerprint density at radius 2 is 1.83 bits per heavy atom. The molecule has 2 fully saturated rings. The molecule has 0 unspecified atom stereocenters. The van der Waals surface area contributed by atoms with Gasteiger partial charge < -0.3 is 14.5 Å². The number of carbonyl (C=O) groups excluding carboxylic acids is 1. The van der Waals surface area contributed by atoms with E-state index in [2.05, 4.69) is 29.2 Å². The molecule has 0 radical (unpaired) electrons. The third kappa shape index (κ3) is 4.73. The number of anilines is 1. The first-order valence-electron chi connectivity index (χ1n) is 9.38. The predicted octanol–water partition coefficient (Wildman–Crippen LogP) is 3.45. The molecular formula is C20H30N2O2. The van der Waals surface area contributed by atoms with Crippen LogP contribution in [0.1, 0.15) is 44.1 Å². The monoisotopic (exact) mass is 330 g/mol. The van der Waals surface area contributed by atoms with Crippen LogP contribution in [0.2, 0.25) is 0 Å². The number of rotatable bonds is 6. The summed E-state index contributed by atoms with van der Waals surface area (Å²) in [6.07, 6.45) is 7.11. The Morgan fingerprint density at radius 3 is 2.50 bits per heavy atom. The van der Waals surface area contributed by atoms with Crippen LogP contribution < -0.4 is 4.90 Å². The van der Waals surface area contributed by atoms with Gasteiger partial charge in [-0.15, -0.1) is 0 Å². The second kappa shape index (κ2) is 8.52. The maximum Gasteiger partial charge on any atom is 0.222 e. The van der Waals surface area contributed by atoms with Gasteiger partial charge in [0, 0.05) is 38.8 Å². The van der Waals surface area contributed by atoms with Gasteiger partial charge in [-0.05, 0) is 30.0 Å². The number of nitrogens with zero attached hydrogens (tertiary/aromatic N) is 2. The molecule has 0 spiro atoms. The van der Waals surface area contributed by atoms with Crippen molar-refractivity contribution in [2.45, 2.75) is 45.1 Å².